The number of hydrogen-bond acceptors (Lipinski definition) is 3. The molecule has 3 rings (SSSR count). The molecular weight excluding hydrogens is 286 g/mol. The number of nitrogens with zero attached hydrogens (tertiary/aromatic N) is 1. The standard InChI is InChI=1S/C14H17ClF2N2O/c15-12-7-9(1-4-13(12)20-14(16)17)18-10-5-6-19(8-10)11-2-3-11/h1,4,7,10-11,14,18H,2-3,5-6,8H2. The van der Waals surface area contributed by atoms with Crippen molar-refractivity contribution in [1.29, 1.82) is 0 Å². The Balaban J connectivity index is 1.58. The van der Waals surface area contributed by atoms with E-state index < -0.39 is 6.61 Å². The van der Waals surface area contributed by atoms with Crippen LogP contribution in [0.1, 0.15) is 19.3 Å². The third kappa shape index (κ3) is 3.33. The van der Waals surface area contributed by atoms with Crippen molar-refractivity contribution in [2.45, 2.75) is 38.0 Å². The van der Waals surface area contributed by atoms with Crippen LogP contribution in [0.15, 0.2) is 18.2 Å². The van der Waals surface area contributed by atoms with Crippen LogP contribution in [0.2, 0.25) is 5.02 Å². The fourth-order valence-electron chi connectivity index (χ4n) is 2.69. The van der Waals surface area contributed by atoms with Crippen LogP contribution in [-0.2, 0) is 0 Å². The number of anilines is 1. The fraction of sp³-hybridized carbons (Fsp3) is 0.571. The summed E-state index contributed by atoms with van der Waals surface area (Å²) in [6.07, 6.45) is 3.74. The summed E-state index contributed by atoms with van der Waals surface area (Å²) >= 11 is 5.94. The van der Waals surface area contributed by atoms with E-state index in [1.807, 2.05) is 0 Å². The van der Waals surface area contributed by atoms with E-state index in [1.165, 1.54) is 18.9 Å². The lowest BCUT2D eigenvalue weighted by molar-refractivity contribution is -0.0497. The summed E-state index contributed by atoms with van der Waals surface area (Å²) in [6, 6.07) is 6.02. The summed E-state index contributed by atoms with van der Waals surface area (Å²) in [5.74, 6) is 0.0123. The number of hydrogen-bond donors (Lipinski definition) is 1. The van der Waals surface area contributed by atoms with Crippen LogP contribution >= 0.6 is 11.6 Å². The molecule has 0 bridgehead atoms. The Labute approximate surface area is 121 Å². The van der Waals surface area contributed by atoms with Gasteiger partial charge >= 0.3 is 6.61 Å². The first-order chi connectivity index (χ1) is 9.61. The molecule has 1 heterocycles. The Morgan fingerprint density at radius 3 is 2.75 bits per heavy atom. The molecule has 1 aromatic rings. The summed E-state index contributed by atoms with van der Waals surface area (Å²) in [4.78, 5) is 2.51. The number of ether oxygens (including phenoxy) is 1. The molecule has 2 fully saturated rings. The molecule has 1 aliphatic heterocycles. The van der Waals surface area contributed by atoms with Gasteiger partial charge in [-0.05, 0) is 37.5 Å². The number of rotatable bonds is 5. The molecule has 6 heteroatoms. The first-order valence-electron chi connectivity index (χ1n) is 6.87. The van der Waals surface area contributed by atoms with E-state index >= 15 is 0 Å². The molecule has 1 atom stereocenters. The summed E-state index contributed by atoms with van der Waals surface area (Å²) in [7, 11) is 0. The van der Waals surface area contributed by atoms with Gasteiger partial charge in [0.15, 0.2) is 0 Å². The van der Waals surface area contributed by atoms with Crippen LogP contribution in [0.3, 0.4) is 0 Å². The predicted molar refractivity (Wildman–Crippen MR) is 74.7 cm³/mol. The van der Waals surface area contributed by atoms with Crippen LogP contribution in [0, 0.1) is 0 Å². The zero-order valence-corrected chi connectivity index (χ0v) is 11.7. The van der Waals surface area contributed by atoms with Crippen molar-refractivity contribution in [3.8, 4) is 5.75 Å². The maximum absolute atomic E-state index is 12.2. The van der Waals surface area contributed by atoms with Gasteiger partial charge in [-0.1, -0.05) is 11.6 Å². The first kappa shape index (κ1) is 13.9. The fourth-order valence-corrected chi connectivity index (χ4v) is 2.92. The topological polar surface area (TPSA) is 24.5 Å². The number of nitrogens with one attached hydrogen (secondary N) is 1. The average molecular weight is 303 g/mol. The molecule has 1 saturated heterocycles. The SMILES string of the molecule is FC(F)Oc1ccc(NC2CCN(C3CC3)C2)cc1Cl. The van der Waals surface area contributed by atoms with Crippen molar-refractivity contribution >= 4 is 17.3 Å². The van der Waals surface area contributed by atoms with Gasteiger partial charge in [0, 0.05) is 30.9 Å². The van der Waals surface area contributed by atoms with Crippen molar-refractivity contribution in [1.82, 2.24) is 4.90 Å². The first-order valence-corrected chi connectivity index (χ1v) is 7.24. The Hall–Kier alpha value is -1.07. The molecular formula is C14H17ClF2N2O. The van der Waals surface area contributed by atoms with Crippen LogP contribution < -0.4 is 10.1 Å². The highest BCUT2D eigenvalue weighted by molar-refractivity contribution is 6.32. The Bertz CT molecular complexity index is 482. The highest BCUT2D eigenvalue weighted by atomic mass is 35.5. The largest absolute Gasteiger partial charge is 0.433 e. The molecule has 1 aliphatic carbocycles. The minimum atomic E-state index is -2.85. The zero-order chi connectivity index (χ0) is 14.1. The summed E-state index contributed by atoms with van der Waals surface area (Å²) < 4.78 is 28.6. The van der Waals surface area contributed by atoms with Crippen molar-refractivity contribution < 1.29 is 13.5 Å². The van der Waals surface area contributed by atoms with E-state index in [4.69, 9.17) is 11.6 Å². The van der Waals surface area contributed by atoms with Gasteiger partial charge in [-0.3, -0.25) is 4.90 Å². The molecule has 2 aliphatic rings. The van der Waals surface area contributed by atoms with Crippen LogP contribution in [-0.4, -0.2) is 36.7 Å². The van der Waals surface area contributed by atoms with Crippen molar-refractivity contribution in [2.75, 3.05) is 18.4 Å². The number of benzene rings is 1. The molecule has 110 valence electrons. The maximum Gasteiger partial charge on any atom is 0.387 e. The van der Waals surface area contributed by atoms with Gasteiger partial charge in [0.1, 0.15) is 5.75 Å². The quantitative estimate of drug-likeness (QED) is 0.899. The molecule has 1 saturated carbocycles. The zero-order valence-electron chi connectivity index (χ0n) is 11.0. The number of halogens is 3. The monoisotopic (exact) mass is 302 g/mol. The Morgan fingerprint density at radius 1 is 1.30 bits per heavy atom. The average Bonchev–Trinajstić information content (AvgIpc) is 3.14. The second kappa shape index (κ2) is 5.74. The maximum atomic E-state index is 12.2. The van der Waals surface area contributed by atoms with E-state index in [9.17, 15) is 8.78 Å². The van der Waals surface area contributed by atoms with Crippen molar-refractivity contribution in [3.05, 3.63) is 23.2 Å². The number of likely N-dealkylation sites (tertiary alicyclic amines) is 1. The van der Waals surface area contributed by atoms with E-state index in [0.29, 0.717) is 6.04 Å². The van der Waals surface area contributed by atoms with Gasteiger partial charge in [-0.2, -0.15) is 8.78 Å². The molecule has 0 radical (unpaired) electrons. The highest BCUT2D eigenvalue weighted by Gasteiger charge is 2.34. The molecule has 20 heavy (non-hydrogen) atoms. The lowest BCUT2D eigenvalue weighted by Gasteiger charge is -2.17. The van der Waals surface area contributed by atoms with Crippen molar-refractivity contribution in [2.24, 2.45) is 0 Å². The number of alkyl halides is 2. The minimum Gasteiger partial charge on any atom is -0.433 e. The lowest BCUT2D eigenvalue weighted by Crippen LogP contribution is -2.27. The van der Waals surface area contributed by atoms with E-state index in [2.05, 4.69) is 15.0 Å². The second-order valence-electron chi connectivity index (χ2n) is 5.38. The molecule has 0 aromatic heterocycles. The third-order valence-electron chi connectivity index (χ3n) is 3.80. The van der Waals surface area contributed by atoms with E-state index in [1.54, 1.807) is 12.1 Å². The summed E-state index contributed by atoms with van der Waals surface area (Å²) in [5.41, 5.74) is 0.847. The van der Waals surface area contributed by atoms with Gasteiger partial charge in [0.05, 0.1) is 5.02 Å². The second-order valence-corrected chi connectivity index (χ2v) is 5.79. The van der Waals surface area contributed by atoms with Gasteiger partial charge < -0.3 is 10.1 Å². The van der Waals surface area contributed by atoms with E-state index in [0.717, 1.165) is 31.2 Å². The smallest absolute Gasteiger partial charge is 0.387 e. The molecule has 0 amide bonds. The van der Waals surface area contributed by atoms with Gasteiger partial charge in [-0.25, -0.2) is 0 Å². The van der Waals surface area contributed by atoms with Crippen LogP contribution in [0.4, 0.5) is 14.5 Å². The lowest BCUT2D eigenvalue weighted by atomic mass is 10.2. The van der Waals surface area contributed by atoms with Gasteiger partial charge in [0.2, 0.25) is 0 Å². The molecule has 1 N–H and O–H groups in total. The third-order valence-corrected chi connectivity index (χ3v) is 4.10. The van der Waals surface area contributed by atoms with E-state index in [-0.39, 0.29) is 10.8 Å². The summed E-state index contributed by atoms with van der Waals surface area (Å²) in [5, 5.41) is 3.61. The van der Waals surface area contributed by atoms with Gasteiger partial charge in [-0.15, -0.1) is 0 Å². The minimum absolute atomic E-state index is 0.0123. The van der Waals surface area contributed by atoms with Crippen molar-refractivity contribution in [3.63, 3.8) is 0 Å². The normalized spacial score (nSPS) is 23.3. The van der Waals surface area contributed by atoms with Crippen LogP contribution in [0.25, 0.3) is 0 Å². The Kier molecular flexibility index (Phi) is 3.98. The molecule has 1 unspecified atom stereocenters. The molecule has 3 nitrogen and oxygen atoms in total. The van der Waals surface area contributed by atoms with Crippen LogP contribution in [0.5, 0.6) is 5.75 Å². The molecule has 0 spiro atoms. The summed E-state index contributed by atoms with van der Waals surface area (Å²) in [6.45, 7) is -0.687. The highest BCUT2D eigenvalue weighted by Crippen LogP contribution is 2.32. The Morgan fingerprint density at radius 2 is 2.10 bits per heavy atom. The van der Waals surface area contributed by atoms with Gasteiger partial charge in [0.25, 0.3) is 0 Å². The molecule has 1 aromatic carbocycles. The predicted octanol–water partition coefficient (Wildman–Crippen LogP) is 3.59.